The van der Waals surface area contributed by atoms with Crippen LogP contribution in [0.25, 0.3) is 5.65 Å². The summed E-state index contributed by atoms with van der Waals surface area (Å²) >= 11 is 0. The maximum Gasteiger partial charge on any atom is 0.136 e. The molecule has 1 saturated heterocycles. The van der Waals surface area contributed by atoms with E-state index < -0.39 is 0 Å². The zero-order valence-corrected chi connectivity index (χ0v) is 12.4. The Balaban J connectivity index is 1.50. The number of aromatic nitrogens is 5. The van der Waals surface area contributed by atoms with Gasteiger partial charge in [0.15, 0.2) is 0 Å². The first-order valence-electron chi connectivity index (χ1n) is 7.41. The van der Waals surface area contributed by atoms with Crippen LogP contribution >= 0.6 is 0 Å². The largest absolute Gasteiger partial charge is 0.377 e. The van der Waals surface area contributed by atoms with Crippen molar-refractivity contribution in [3.05, 3.63) is 48.2 Å². The van der Waals surface area contributed by atoms with Gasteiger partial charge in [0.2, 0.25) is 0 Å². The molecule has 0 saturated carbocycles. The number of aryl methyl sites for hydroxylation is 1. The molecule has 1 N–H and O–H groups in total. The molecule has 2 atom stereocenters. The van der Waals surface area contributed by atoms with Crippen LogP contribution in [0.4, 0.5) is 0 Å². The number of hydrogen-bond acceptors (Lipinski definition) is 5. The third-order valence-electron chi connectivity index (χ3n) is 4.11. The lowest BCUT2D eigenvalue weighted by molar-refractivity contribution is 0.181. The van der Waals surface area contributed by atoms with Gasteiger partial charge in [-0.15, -0.1) is 5.10 Å². The van der Waals surface area contributed by atoms with Crippen LogP contribution in [-0.2, 0) is 11.3 Å². The van der Waals surface area contributed by atoms with Crippen molar-refractivity contribution in [2.45, 2.75) is 25.6 Å². The molecule has 0 aliphatic carbocycles. The molecular formula is C15H18N6O. The number of nitrogens with one attached hydrogen (secondary N) is 1. The van der Waals surface area contributed by atoms with Crippen LogP contribution in [0.15, 0.2) is 36.9 Å². The van der Waals surface area contributed by atoms with Gasteiger partial charge in [0.05, 0.1) is 43.4 Å². The molecule has 0 aromatic carbocycles. The van der Waals surface area contributed by atoms with Crippen LogP contribution in [0.5, 0.6) is 0 Å². The summed E-state index contributed by atoms with van der Waals surface area (Å²) in [4.78, 5) is 4.44. The zero-order valence-electron chi connectivity index (χ0n) is 12.4. The molecular weight excluding hydrogens is 280 g/mol. The van der Waals surface area contributed by atoms with Gasteiger partial charge in [-0.2, -0.15) is 0 Å². The fourth-order valence-corrected chi connectivity index (χ4v) is 2.90. The Kier molecular flexibility index (Phi) is 3.36. The predicted octanol–water partition coefficient (Wildman–Crippen LogP) is 0.964. The normalized spacial score (nSPS) is 21.7. The smallest absolute Gasteiger partial charge is 0.136 e. The van der Waals surface area contributed by atoms with Crippen molar-refractivity contribution < 1.29 is 4.74 Å². The third-order valence-corrected chi connectivity index (χ3v) is 4.11. The molecule has 1 fully saturated rings. The van der Waals surface area contributed by atoms with Crippen LogP contribution in [-0.4, -0.2) is 43.6 Å². The van der Waals surface area contributed by atoms with Gasteiger partial charge < -0.3 is 14.5 Å². The zero-order chi connectivity index (χ0) is 14.9. The molecule has 0 unspecified atom stereocenters. The van der Waals surface area contributed by atoms with Crippen LogP contribution in [0.3, 0.4) is 0 Å². The summed E-state index contributed by atoms with van der Waals surface area (Å²) in [6.45, 7) is 4.17. The summed E-state index contributed by atoms with van der Waals surface area (Å²) in [5.74, 6) is 0. The topological polar surface area (TPSA) is 69.3 Å². The van der Waals surface area contributed by atoms with E-state index in [-0.39, 0.29) is 12.1 Å². The van der Waals surface area contributed by atoms with E-state index in [1.54, 1.807) is 6.20 Å². The second-order valence-corrected chi connectivity index (χ2v) is 5.66. The van der Waals surface area contributed by atoms with Gasteiger partial charge in [0.25, 0.3) is 0 Å². The van der Waals surface area contributed by atoms with E-state index in [0.29, 0.717) is 13.2 Å². The molecule has 4 rings (SSSR count). The first-order chi connectivity index (χ1) is 10.8. The Morgan fingerprint density at radius 1 is 1.36 bits per heavy atom. The Labute approximate surface area is 127 Å². The lowest BCUT2D eigenvalue weighted by Gasteiger charge is -2.18. The van der Waals surface area contributed by atoms with Gasteiger partial charge in [-0.25, -0.2) is 9.67 Å². The van der Waals surface area contributed by atoms with Crippen molar-refractivity contribution in [1.29, 1.82) is 0 Å². The number of pyridine rings is 1. The minimum absolute atomic E-state index is 0.184. The Hall–Kier alpha value is -2.25. The Bertz CT molecular complexity index is 766. The van der Waals surface area contributed by atoms with E-state index >= 15 is 0 Å². The highest BCUT2D eigenvalue weighted by Crippen LogP contribution is 2.19. The molecule has 22 heavy (non-hydrogen) atoms. The number of fused-ring (bicyclic) bond motifs is 1. The lowest BCUT2D eigenvalue weighted by atomic mass is 10.1. The number of ether oxygens (including phenoxy) is 1. The average Bonchev–Trinajstić information content (AvgIpc) is 3.25. The van der Waals surface area contributed by atoms with Gasteiger partial charge >= 0.3 is 0 Å². The van der Waals surface area contributed by atoms with Gasteiger partial charge in [-0.05, 0) is 18.6 Å². The molecule has 4 heterocycles. The summed E-state index contributed by atoms with van der Waals surface area (Å²) < 4.78 is 9.59. The fraction of sp³-hybridized carbons (Fsp3) is 0.400. The molecule has 0 amide bonds. The fourth-order valence-electron chi connectivity index (χ4n) is 2.90. The number of hydrogen-bond donors (Lipinski definition) is 1. The van der Waals surface area contributed by atoms with Crippen molar-refractivity contribution in [3.8, 4) is 0 Å². The quantitative estimate of drug-likeness (QED) is 0.777. The minimum Gasteiger partial charge on any atom is -0.377 e. The van der Waals surface area contributed by atoms with Gasteiger partial charge in [-0.1, -0.05) is 11.3 Å². The average molecular weight is 298 g/mol. The molecule has 1 aliphatic heterocycles. The molecule has 3 aromatic rings. The van der Waals surface area contributed by atoms with Crippen LogP contribution in [0, 0.1) is 6.92 Å². The highest BCUT2D eigenvalue weighted by atomic mass is 16.5. The van der Waals surface area contributed by atoms with E-state index in [1.807, 2.05) is 23.1 Å². The van der Waals surface area contributed by atoms with Gasteiger partial charge in [0, 0.05) is 18.9 Å². The van der Waals surface area contributed by atoms with Crippen LogP contribution < -0.4 is 5.32 Å². The summed E-state index contributed by atoms with van der Waals surface area (Å²) in [5, 5.41) is 11.5. The van der Waals surface area contributed by atoms with E-state index in [4.69, 9.17) is 4.74 Å². The van der Waals surface area contributed by atoms with Crippen molar-refractivity contribution in [2.75, 3.05) is 13.2 Å². The lowest BCUT2D eigenvalue weighted by Crippen LogP contribution is -2.37. The Morgan fingerprint density at radius 2 is 2.32 bits per heavy atom. The molecule has 3 aromatic heterocycles. The standard InChI is InChI=1S/C15H18N6O/c1-11-2-3-15-17-7-12(20(15)8-11)6-16-13-9-22-10-14(13)21-5-4-18-19-21/h2-5,7-8,13-14,16H,6,9-10H2,1H3/t13-,14+/m0/s1. The number of imidazole rings is 1. The second kappa shape index (κ2) is 5.51. The molecule has 1 aliphatic rings. The third kappa shape index (κ3) is 2.38. The van der Waals surface area contributed by atoms with Crippen LogP contribution in [0.2, 0.25) is 0 Å². The molecule has 0 radical (unpaired) electrons. The molecule has 0 bridgehead atoms. The second-order valence-electron chi connectivity index (χ2n) is 5.66. The number of rotatable bonds is 4. The van der Waals surface area contributed by atoms with Crippen molar-refractivity contribution in [1.82, 2.24) is 29.7 Å². The summed E-state index contributed by atoms with van der Waals surface area (Å²) in [5.41, 5.74) is 3.33. The van der Waals surface area contributed by atoms with Gasteiger partial charge in [-0.3, -0.25) is 0 Å². The van der Waals surface area contributed by atoms with Gasteiger partial charge in [0.1, 0.15) is 5.65 Å². The van der Waals surface area contributed by atoms with E-state index in [9.17, 15) is 0 Å². The summed E-state index contributed by atoms with van der Waals surface area (Å²) in [6, 6.07) is 4.52. The molecule has 0 spiro atoms. The minimum atomic E-state index is 0.184. The van der Waals surface area contributed by atoms with E-state index in [2.05, 4.69) is 44.2 Å². The number of nitrogens with zero attached hydrogens (tertiary/aromatic N) is 5. The highest BCUT2D eigenvalue weighted by Gasteiger charge is 2.30. The van der Waals surface area contributed by atoms with E-state index in [0.717, 1.165) is 17.9 Å². The first kappa shape index (κ1) is 13.4. The molecule has 114 valence electrons. The summed E-state index contributed by atoms with van der Waals surface area (Å²) in [6.07, 6.45) is 7.61. The predicted molar refractivity (Wildman–Crippen MR) is 80.4 cm³/mol. The maximum absolute atomic E-state index is 5.60. The van der Waals surface area contributed by atoms with Crippen molar-refractivity contribution in [2.24, 2.45) is 0 Å². The van der Waals surface area contributed by atoms with E-state index in [1.165, 1.54) is 5.56 Å². The first-order valence-corrected chi connectivity index (χ1v) is 7.41. The monoisotopic (exact) mass is 298 g/mol. The summed E-state index contributed by atoms with van der Waals surface area (Å²) in [7, 11) is 0. The molecule has 7 nitrogen and oxygen atoms in total. The Morgan fingerprint density at radius 3 is 3.18 bits per heavy atom. The SMILES string of the molecule is Cc1ccc2ncc(CN[C@H]3COC[C@H]3n3ccnn3)n2c1. The molecule has 7 heteroatoms. The maximum atomic E-state index is 5.60. The highest BCUT2D eigenvalue weighted by molar-refractivity contribution is 5.41. The van der Waals surface area contributed by atoms with Crippen molar-refractivity contribution in [3.63, 3.8) is 0 Å². The van der Waals surface area contributed by atoms with Crippen molar-refractivity contribution >= 4 is 5.65 Å². The van der Waals surface area contributed by atoms with Crippen LogP contribution in [0.1, 0.15) is 17.3 Å².